The average Bonchev–Trinajstić information content (AvgIpc) is 3.48. The second kappa shape index (κ2) is 10.6. The number of rotatable bonds is 3. The van der Waals surface area contributed by atoms with Crippen molar-refractivity contribution >= 4 is 22.9 Å². The van der Waals surface area contributed by atoms with Crippen LogP contribution < -0.4 is 9.80 Å². The Labute approximate surface area is 203 Å². The maximum absolute atomic E-state index is 11.5. The van der Waals surface area contributed by atoms with Crippen molar-refractivity contribution in [2.45, 2.75) is 64.2 Å². The van der Waals surface area contributed by atoms with E-state index in [2.05, 4.69) is 45.3 Å². The Morgan fingerprint density at radius 1 is 0.676 bits per heavy atom. The van der Waals surface area contributed by atoms with Gasteiger partial charge in [0.15, 0.2) is 5.78 Å². The van der Waals surface area contributed by atoms with Gasteiger partial charge in [-0.25, -0.2) is 0 Å². The highest BCUT2D eigenvalue weighted by Crippen LogP contribution is 2.30. The topological polar surface area (TPSA) is 45.1 Å². The predicted molar refractivity (Wildman–Crippen MR) is 140 cm³/mol. The number of hydrogen-bond acceptors (Lipinski definition) is 5. The molecule has 2 fully saturated rings. The van der Waals surface area contributed by atoms with Crippen LogP contribution in [-0.4, -0.2) is 44.8 Å². The lowest BCUT2D eigenvalue weighted by Gasteiger charge is -2.29. The SMILES string of the molecule is CON=C1CCc2cc(N3CCCCC3)ccc21.O=C1CCc2cc(N3CCCCC3)ccc21. The first-order valence-electron chi connectivity index (χ1n) is 13.1. The molecule has 5 heteroatoms. The zero-order valence-corrected chi connectivity index (χ0v) is 20.5. The normalized spacial score (nSPS) is 20.6. The van der Waals surface area contributed by atoms with Crippen molar-refractivity contribution in [3.05, 3.63) is 58.7 Å². The number of nitrogens with zero attached hydrogens (tertiary/aromatic N) is 3. The molecule has 2 saturated heterocycles. The van der Waals surface area contributed by atoms with Gasteiger partial charge in [0.05, 0.1) is 5.71 Å². The molecular formula is C29H37N3O2. The lowest BCUT2D eigenvalue weighted by atomic mass is 10.1. The monoisotopic (exact) mass is 459 g/mol. The molecule has 0 saturated carbocycles. The molecule has 0 atom stereocenters. The van der Waals surface area contributed by atoms with Gasteiger partial charge < -0.3 is 14.6 Å². The highest BCUT2D eigenvalue weighted by Gasteiger charge is 2.22. The van der Waals surface area contributed by atoms with Gasteiger partial charge in [0, 0.05) is 55.1 Å². The summed E-state index contributed by atoms with van der Waals surface area (Å²) in [7, 11) is 1.62. The maximum atomic E-state index is 11.5. The Bertz CT molecular complexity index is 1050. The Balaban J connectivity index is 0.000000142. The van der Waals surface area contributed by atoms with Gasteiger partial charge in [0.2, 0.25) is 0 Å². The van der Waals surface area contributed by atoms with Gasteiger partial charge in [-0.15, -0.1) is 0 Å². The van der Waals surface area contributed by atoms with Crippen molar-refractivity contribution < 1.29 is 9.63 Å². The molecule has 180 valence electrons. The Hall–Kier alpha value is -2.82. The largest absolute Gasteiger partial charge is 0.399 e. The fourth-order valence-electron chi connectivity index (χ4n) is 5.80. The van der Waals surface area contributed by atoms with Crippen molar-refractivity contribution in [2.75, 3.05) is 43.1 Å². The summed E-state index contributed by atoms with van der Waals surface area (Å²) in [5, 5.41) is 4.11. The molecule has 0 N–H and O–H groups in total. The first-order chi connectivity index (χ1) is 16.7. The van der Waals surface area contributed by atoms with Gasteiger partial charge in [-0.2, -0.15) is 0 Å². The summed E-state index contributed by atoms with van der Waals surface area (Å²) in [6, 6.07) is 13.2. The van der Waals surface area contributed by atoms with Crippen LogP contribution in [0.1, 0.15) is 78.4 Å². The summed E-state index contributed by atoms with van der Waals surface area (Å²) in [6.07, 6.45) is 11.7. The second-order valence-electron chi connectivity index (χ2n) is 9.92. The van der Waals surface area contributed by atoms with Crippen molar-refractivity contribution in [1.82, 2.24) is 0 Å². The third-order valence-electron chi connectivity index (χ3n) is 7.69. The Morgan fingerprint density at radius 2 is 1.21 bits per heavy atom. The molecule has 0 amide bonds. The highest BCUT2D eigenvalue weighted by atomic mass is 16.6. The van der Waals surface area contributed by atoms with E-state index in [0.29, 0.717) is 12.2 Å². The van der Waals surface area contributed by atoms with E-state index >= 15 is 0 Å². The van der Waals surface area contributed by atoms with Gasteiger partial charge >= 0.3 is 0 Å². The summed E-state index contributed by atoms with van der Waals surface area (Å²) < 4.78 is 0. The summed E-state index contributed by atoms with van der Waals surface area (Å²) in [5.74, 6) is 0.320. The Kier molecular flexibility index (Phi) is 7.17. The molecule has 0 bridgehead atoms. The molecule has 2 aromatic carbocycles. The predicted octanol–water partition coefficient (Wildman–Crippen LogP) is 5.78. The first-order valence-corrected chi connectivity index (χ1v) is 13.1. The molecule has 2 aliphatic carbocycles. The lowest BCUT2D eigenvalue weighted by Crippen LogP contribution is -2.29. The number of piperidine rings is 2. The van der Waals surface area contributed by atoms with E-state index in [1.165, 1.54) is 92.8 Å². The zero-order chi connectivity index (χ0) is 23.3. The van der Waals surface area contributed by atoms with Crippen LogP contribution in [0, 0.1) is 0 Å². The van der Waals surface area contributed by atoms with Crippen LogP contribution in [0.3, 0.4) is 0 Å². The van der Waals surface area contributed by atoms with Crippen LogP contribution in [0.4, 0.5) is 11.4 Å². The molecule has 4 aliphatic rings. The third kappa shape index (κ3) is 4.98. The van der Waals surface area contributed by atoms with Crippen LogP contribution >= 0.6 is 0 Å². The minimum absolute atomic E-state index is 0.320. The molecular weight excluding hydrogens is 422 g/mol. The van der Waals surface area contributed by atoms with Gasteiger partial charge in [-0.3, -0.25) is 4.79 Å². The minimum atomic E-state index is 0.320. The molecule has 34 heavy (non-hydrogen) atoms. The number of hydrogen-bond donors (Lipinski definition) is 0. The van der Waals surface area contributed by atoms with Crippen molar-refractivity contribution in [3.8, 4) is 0 Å². The Morgan fingerprint density at radius 3 is 1.79 bits per heavy atom. The van der Waals surface area contributed by atoms with Crippen LogP contribution in [0.2, 0.25) is 0 Å². The number of Topliss-reactive ketones (excluding diaryl/α,β-unsaturated/α-hetero) is 1. The molecule has 0 radical (unpaired) electrons. The zero-order valence-electron chi connectivity index (χ0n) is 20.5. The number of fused-ring (bicyclic) bond motifs is 2. The average molecular weight is 460 g/mol. The molecule has 2 aliphatic heterocycles. The van der Waals surface area contributed by atoms with Crippen LogP contribution in [0.25, 0.3) is 0 Å². The van der Waals surface area contributed by atoms with E-state index in [0.717, 1.165) is 30.5 Å². The van der Waals surface area contributed by atoms with Crippen molar-refractivity contribution in [1.29, 1.82) is 0 Å². The molecule has 2 aromatic rings. The number of anilines is 2. The molecule has 2 heterocycles. The number of oxime groups is 1. The molecule has 5 nitrogen and oxygen atoms in total. The number of benzene rings is 2. The summed E-state index contributed by atoms with van der Waals surface area (Å²) in [5.41, 5.74) is 8.71. The molecule has 0 aromatic heterocycles. The number of carbonyl (C=O) groups excluding carboxylic acids is 1. The summed E-state index contributed by atoms with van der Waals surface area (Å²) >= 11 is 0. The second-order valence-corrected chi connectivity index (χ2v) is 9.92. The molecule has 6 rings (SSSR count). The number of ketones is 1. The summed E-state index contributed by atoms with van der Waals surface area (Å²) in [6.45, 7) is 4.76. The first kappa shape index (κ1) is 22.9. The molecule has 0 unspecified atom stereocenters. The fourth-order valence-corrected chi connectivity index (χ4v) is 5.80. The van der Waals surface area contributed by atoms with E-state index in [9.17, 15) is 4.79 Å². The maximum Gasteiger partial charge on any atom is 0.163 e. The summed E-state index contributed by atoms with van der Waals surface area (Å²) in [4.78, 5) is 21.4. The van der Waals surface area contributed by atoms with E-state index in [4.69, 9.17) is 4.84 Å². The quantitative estimate of drug-likeness (QED) is 0.546. The van der Waals surface area contributed by atoms with Gasteiger partial charge in [0.25, 0.3) is 0 Å². The van der Waals surface area contributed by atoms with E-state index in [-0.39, 0.29) is 0 Å². The highest BCUT2D eigenvalue weighted by molar-refractivity contribution is 6.04. The molecule has 0 spiro atoms. The standard InChI is InChI=1S/C15H20N2O.C14H17NO/c1-18-16-15-8-5-12-11-13(6-7-14(12)15)17-9-3-2-4-10-17;16-14-7-4-11-10-12(5-6-13(11)14)15-8-2-1-3-9-15/h6-7,11H,2-5,8-10H2,1H3;5-6,10H,1-4,7-9H2. The van der Waals surface area contributed by atoms with Crippen LogP contribution in [0.15, 0.2) is 41.6 Å². The van der Waals surface area contributed by atoms with Gasteiger partial charge in [-0.1, -0.05) is 11.2 Å². The lowest BCUT2D eigenvalue weighted by molar-refractivity contribution is 0.0994. The van der Waals surface area contributed by atoms with Crippen molar-refractivity contribution in [3.63, 3.8) is 0 Å². The van der Waals surface area contributed by atoms with E-state index in [1.807, 2.05) is 6.07 Å². The van der Waals surface area contributed by atoms with E-state index in [1.54, 1.807) is 7.11 Å². The number of carbonyl (C=O) groups is 1. The minimum Gasteiger partial charge on any atom is -0.399 e. The van der Waals surface area contributed by atoms with Gasteiger partial charge in [0.1, 0.15) is 7.11 Å². The van der Waals surface area contributed by atoms with Gasteiger partial charge in [-0.05, 0) is 99.2 Å². The fraction of sp³-hybridized carbons (Fsp3) is 0.517. The smallest absolute Gasteiger partial charge is 0.163 e. The number of aryl methyl sites for hydroxylation is 2. The van der Waals surface area contributed by atoms with Crippen LogP contribution in [0.5, 0.6) is 0 Å². The van der Waals surface area contributed by atoms with E-state index < -0.39 is 0 Å². The van der Waals surface area contributed by atoms with Crippen molar-refractivity contribution in [2.24, 2.45) is 5.16 Å². The third-order valence-corrected chi connectivity index (χ3v) is 7.69. The van der Waals surface area contributed by atoms with Crippen LogP contribution in [-0.2, 0) is 17.7 Å².